The van der Waals surface area contributed by atoms with E-state index < -0.39 is 0 Å². The molecule has 0 spiro atoms. The zero-order chi connectivity index (χ0) is 14.8. The minimum Gasteiger partial charge on any atom is -0.398 e. The number of para-hydroxylation sites is 1. The predicted octanol–water partition coefficient (Wildman–Crippen LogP) is 3.38. The second-order valence-electron chi connectivity index (χ2n) is 4.93. The number of anilines is 2. The number of carbonyl (C=O) groups is 1. The number of aryl methyl sites for hydroxylation is 1. The van der Waals surface area contributed by atoms with Crippen molar-refractivity contribution in [1.29, 1.82) is 0 Å². The predicted molar refractivity (Wildman–Crippen MR) is 85.3 cm³/mol. The Bertz CT molecular complexity index is 822. The number of pyridine rings is 1. The van der Waals surface area contributed by atoms with Crippen molar-refractivity contribution in [3.05, 3.63) is 65.9 Å². The second-order valence-corrected chi connectivity index (χ2v) is 4.93. The van der Waals surface area contributed by atoms with Gasteiger partial charge in [0.05, 0.1) is 16.8 Å². The third-order valence-electron chi connectivity index (χ3n) is 3.33. The Balaban J connectivity index is 1.97. The molecule has 21 heavy (non-hydrogen) atoms. The molecule has 0 saturated heterocycles. The van der Waals surface area contributed by atoms with E-state index in [1.54, 1.807) is 18.3 Å². The summed E-state index contributed by atoms with van der Waals surface area (Å²) in [6.45, 7) is 1.94. The number of amides is 1. The maximum Gasteiger partial charge on any atom is 0.257 e. The molecule has 3 N–H and O–H groups in total. The Kier molecular flexibility index (Phi) is 3.28. The fraction of sp³-hybridized carbons (Fsp3) is 0.0588. The van der Waals surface area contributed by atoms with Crippen LogP contribution in [0.4, 0.5) is 11.4 Å². The van der Waals surface area contributed by atoms with Crippen molar-refractivity contribution in [2.75, 3.05) is 11.1 Å². The first-order valence-corrected chi connectivity index (χ1v) is 6.66. The van der Waals surface area contributed by atoms with Gasteiger partial charge in [-0.15, -0.1) is 0 Å². The molecule has 0 atom stereocenters. The van der Waals surface area contributed by atoms with Crippen LogP contribution in [0.2, 0.25) is 0 Å². The number of benzene rings is 2. The van der Waals surface area contributed by atoms with Crippen LogP contribution in [0, 0.1) is 6.92 Å². The summed E-state index contributed by atoms with van der Waals surface area (Å²) in [6.07, 6.45) is 1.71. The summed E-state index contributed by atoms with van der Waals surface area (Å²) < 4.78 is 0. The van der Waals surface area contributed by atoms with Gasteiger partial charge < -0.3 is 11.1 Å². The van der Waals surface area contributed by atoms with Gasteiger partial charge >= 0.3 is 0 Å². The number of hydrogen-bond acceptors (Lipinski definition) is 3. The summed E-state index contributed by atoms with van der Waals surface area (Å²) >= 11 is 0. The molecule has 3 rings (SSSR count). The molecule has 0 fully saturated rings. The summed E-state index contributed by atoms with van der Waals surface area (Å²) in [7, 11) is 0. The van der Waals surface area contributed by atoms with E-state index in [2.05, 4.69) is 10.3 Å². The molecule has 4 heteroatoms. The summed E-state index contributed by atoms with van der Waals surface area (Å²) in [5.74, 6) is -0.231. The zero-order valence-electron chi connectivity index (χ0n) is 11.6. The number of aromatic nitrogens is 1. The van der Waals surface area contributed by atoms with Crippen molar-refractivity contribution in [3.63, 3.8) is 0 Å². The molecule has 0 radical (unpaired) electrons. The van der Waals surface area contributed by atoms with Gasteiger partial charge in [-0.25, -0.2) is 0 Å². The van der Waals surface area contributed by atoms with Crippen molar-refractivity contribution in [2.45, 2.75) is 6.92 Å². The fourth-order valence-electron chi connectivity index (χ4n) is 2.28. The molecule has 2 aromatic carbocycles. The minimum absolute atomic E-state index is 0.231. The average Bonchev–Trinajstić information content (AvgIpc) is 2.47. The number of hydrogen-bond donors (Lipinski definition) is 2. The van der Waals surface area contributed by atoms with Crippen LogP contribution in [0.15, 0.2) is 54.7 Å². The van der Waals surface area contributed by atoms with Crippen molar-refractivity contribution >= 4 is 28.2 Å². The minimum atomic E-state index is -0.231. The number of nitrogen functional groups attached to an aromatic ring is 1. The molecule has 104 valence electrons. The quantitative estimate of drug-likeness (QED) is 0.706. The van der Waals surface area contributed by atoms with Crippen LogP contribution in [0.25, 0.3) is 10.9 Å². The van der Waals surface area contributed by atoms with E-state index in [1.807, 2.05) is 43.3 Å². The van der Waals surface area contributed by atoms with Crippen molar-refractivity contribution in [2.24, 2.45) is 0 Å². The largest absolute Gasteiger partial charge is 0.398 e. The van der Waals surface area contributed by atoms with Crippen LogP contribution in [0.3, 0.4) is 0 Å². The normalized spacial score (nSPS) is 10.5. The van der Waals surface area contributed by atoms with E-state index in [1.165, 1.54) is 0 Å². The van der Waals surface area contributed by atoms with Gasteiger partial charge in [0.25, 0.3) is 5.91 Å². The number of nitrogens with two attached hydrogens (primary N) is 1. The molecular weight excluding hydrogens is 262 g/mol. The van der Waals surface area contributed by atoms with Crippen LogP contribution in [0.1, 0.15) is 15.9 Å². The molecule has 1 heterocycles. The second kappa shape index (κ2) is 5.25. The highest BCUT2D eigenvalue weighted by atomic mass is 16.1. The fourth-order valence-corrected chi connectivity index (χ4v) is 2.28. The smallest absolute Gasteiger partial charge is 0.257 e. The third-order valence-corrected chi connectivity index (χ3v) is 3.33. The third kappa shape index (κ3) is 2.56. The number of nitrogens with zero attached hydrogens (tertiary/aromatic N) is 1. The highest BCUT2D eigenvalue weighted by Gasteiger charge is 2.11. The Morgan fingerprint density at radius 2 is 1.95 bits per heavy atom. The van der Waals surface area contributed by atoms with Crippen molar-refractivity contribution in [3.8, 4) is 0 Å². The van der Waals surface area contributed by atoms with Crippen LogP contribution in [-0.2, 0) is 0 Å². The van der Waals surface area contributed by atoms with E-state index >= 15 is 0 Å². The van der Waals surface area contributed by atoms with E-state index in [0.29, 0.717) is 16.9 Å². The van der Waals surface area contributed by atoms with E-state index in [4.69, 9.17) is 5.73 Å². The maximum atomic E-state index is 12.4. The lowest BCUT2D eigenvalue weighted by molar-refractivity contribution is 0.102. The van der Waals surface area contributed by atoms with Crippen LogP contribution < -0.4 is 11.1 Å². The van der Waals surface area contributed by atoms with Gasteiger partial charge in [-0.1, -0.05) is 24.3 Å². The summed E-state index contributed by atoms with van der Waals surface area (Å²) in [4.78, 5) is 16.7. The molecule has 0 aliphatic heterocycles. The number of carbonyl (C=O) groups excluding carboxylic acids is 1. The Labute approximate surface area is 122 Å². The van der Waals surface area contributed by atoms with Crippen molar-refractivity contribution < 1.29 is 4.79 Å². The highest BCUT2D eigenvalue weighted by Crippen LogP contribution is 2.22. The molecule has 0 unspecified atom stereocenters. The van der Waals surface area contributed by atoms with Crippen LogP contribution >= 0.6 is 0 Å². The molecule has 3 aromatic rings. The van der Waals surface area contributed by atoms with E-state index in [9.17, 15) is 4.79 Å². The van der Waals surface area contributed by atoms with Crippen molar-refractivity contribution in [1.82, 2.24) is 4.98 Å². The molecule has 0 bridgehead atoms. The molecule has 0 aliphatic carbocycles. The van der Waals surface area contributed by atoms with Gasteiger partial charge in [-0.3, -0.25) is 9.78 Å². The first-order valence-electron chi connectivity index (χ1n) is 6.66. The van der Waals surface area contributed by atoms with Gasteiger partial charge in [0.15, 0.2) is 0 Å². The molecular formula is C17H15N3O. The summed E-state index contributed by atoms with van der Waals surface area (Å²) in [5.41, 5.74) is 9.32. The lowest BCUT2D eigenvalue weighted by Gasteiger charge is -2.10. The topological polar surface area (TPSA) is 68.0 Å². The Morgan fingerprint density at radius 1 is 1.14 bits per heavy atom. The monoisotopic (exact) mass is 277 g/mol. The standard InChI is InChI=1S/C17H15N3O/c1-11-7-8-13(14(18)10-11)17(21)20-15-6-2-4-12-5-3-9-19-16(12)15/h2-10H,18H2,1H3,(H,20,21). The van der Waals surface area contributed by atoms with Gasteiger partial charge in [0.1, 0.15) is 0 Å². The van der Waals surface area contributed by atoms with E-state index in [0.717, 1.165) is 16.5 Å². The summed E-state index contributed by atoms with van der Waals surface area (Å²) in [6, 6.07) is 14.9. The SMILES string of the molecule is Cc1ccc(C(=O)Nc2cccc3cccnc23)c(N)c1. The lowest BCUT2D eigenvalue weighted by atomic mass is 10.1. The maximum absolute atomic E-state index is 12.4. The molecule has 0 aliphatic rings. The zero-order valence-corrected chi connectivity index (χ0v) is 11.6. The molecule has 0 saturated carbocycles. The van der Waals surface area contributed by atoms with Crippen LogP contribution in [0.5, 0.6) is 0 Å². The van der Waals surface area contributed by atoms with E-state index in [-0.39, 0.29) is 5.91 Å². The number of nitrogens with one attached hydrogen (secondary N) is 1. The average molecular weight is 277 g/mol. The van der Waals surface area contributed by atoms with Gasteiger partial charge in [0, 0.05) is 17.3 Å². The first kappa shape index (κ1) is 13.1. The molecule has 1 aromatic heterocycles. The van der Waals surface area contributed by atoms with Gasteiger partial charge in [-0.2, -0.15) is 0 Å². The Hall–Kier alpha value is -2.88. The summed E-state index contributed by atoms with van der Waals surface area (Å²) in [5, 5.41) is 3.86. The molecule has 4 nitrogen and oxygen atoms in total. The Morgan fingerprint density at radius 3 is 2.76 bits per heavy atom. The van der Waals surface area contributed by atoms with Gasteiger partial charge in [0.2, 0.25) is 0 Å². The number of rotatable bonds is 2. The lowest BCUT2D eigenvalue weighted by Crippen LogP contribution is -2.14. The van der Waals surface area contributed by atoms with Crippen LogP contribution in [-0.4, -0.2) is 10.9 Å². The number of fused-ring (bicyclic) bond motifs is 1. The highest BCUT2D eigenvalue weighted by molar-refractivity contribution is 6.10. The van der Waals surface area contributed by atoms with Gasteiger partial charge in [-0.05, 0) is 36.8 Å². The first-order chi connectivity index (χ1) is 10.1. The molecule has 1 amide bonds.